The number of nitrogens with one attached hydrogen (secondary N) is 1. The zero-order valence-corrected chi connectivity index (χ0v) is 22.8. The van der Waals surface area contributed by atoms with E-state index in [-0.39, 0.29) is 0 Å². The Morgan fingerprint density at radius 1 is 0.892 bits per heavy atom. The summed E-state index contributed by atoms with van der Waals surface area (Å²) in [6.07, 6.45) is 6.84. The standard InChI is InChI=1S/C32H36N4S/c1-24-11-14-31(25(2)20-24)37-32-10-6-5-9-30(32)36-18-16-35(17-19-36)15-7-3-4-8-27-23-34-29-13-12-26(22-33)21-28(27)29/h5-6,9-14,20-21,23,34H,3-4,7-8,15-19H2,1-2H3. The molecule has 3 aromatic carbocycles. The van der Waals surface area contributed by atoms with Gasteiger partial charge in [0.1, 0.15) is 0 Å². The van der Waals surface area contributed by atoms with Gasteiger partial charge in [0.25, 0.3) is 0 Å². The highest BCUT2D eigenvalue weighted by atomic mass is 32.2. The molecule has 5 heteroatoms. The summed E-state index contributed by atoms with van der Waals surface area (Å²) in [5.41, 5.74) is 7.22. The van der Waals surface area contributed by atoms with Crippen molar-refractivity contribution in [2.24, 2.45) is 0 Å². The molecule has 1 aliphatic heterocycles. The van der Waals surface area contributed by atoms with Crippen molar-refractivity contribution in [2.45, 2.75) is 49.3 Å². The van der Waals surface area contributed by atoms with Gasteiger partial charge in [-0.25, -0.2) is 0 Å². The van der Waals surface area contributed by atoms with Gasteiger partial charge in [0.15, 0.2) is 0 Å². The quantitative estimate of drug-likeness (QED) is 0.240. The molecule has 37 heavy (non-hydrogen) atoms. The number of aryl methyl sites for hydroxylation is 3. The van der Waals surface area contributed by atoms with Gasteiger partial charge in [-0.2, -0.15) is 5.26 Å². The van der Waals surface area contributed by atoms with E-state index in [2.05, 4.69) is 83.4 Å². The summed E-state index contributed by atoms with van der Waals surface area (Å²) in [4.78, 5) is 11.2. The van der Waals surface area contributed by atoms with Crippen LogP contribution in [0.2, 0.25) is 0 Å². The number of nitrogens with zero attached hydrogens (tertiary/aromatic N) is 3. The van der Waals surface area contributed by atoms with Gasteiger partial charge in [0, 0.05) is 53.1 Å². The zero-order chi connectivity index (χ0) is 25.6. The number of rotatable bonds is 9. The topological polar surface area (TPSA) is 46.1 Å². The third-order valence-corrected chi connectivity index (χ3v) is 8.69. The number of hydrogen-bond donors (Lipinski definition) is 1. The fourth-order valence-electron chi connectivity index (χ4n) is 5.33. The average molecular weight is 509 g/mol. The Hall–Kier alpha value is -3.20. The first-order valence-corrected chi connectivity index (χ1v) is 14.2. The third-order valence-electron chi connectivity index (χ3n) is 7.45. The summed E-state index contributed by atoms with van der Waals surface area (Å²) in [5, 5.41) is 10.4. The van der Waals surface area contributed by atoms with Gasteiger partial charge in [-0.05, 0) is 87.2 Å². The molecule has 0 unspecified atom stereocenters. The first-order valence-electron chi connectivity index (χ1n) is 13.4. The number of nitriles is 1. The fourth-order valence-corrected chi connectivity index (χ4v) is 6.37. The summed E-state index contributed by atoms with van der Waals surface area (Å²) in [6.45, 7) is 9.97. The average Bonchev–Trinajstić information content (AvgIpc) is 3.33. The van der Waals surface area contributed by atoms with Crippen molar-refractivity contribution < 1.29 is 0 Å². The molecule has 2 heterocycles. The van der Waals surface area contributed by atoms with Crippen molar-refractivity contribution in [3.8, 4) is 6.07 Å². The van der Waals surface area contributed by atoms with Gasteiger partial charge in [-0.1, -0.05) is 48.0 Å². The molecular formula is C32H36N4S. The minimum atomic E-state index is 0.735. The second-order valence-corrected chi connectivity index (χ2v) is 11.2. The van der Waals surface area contributed by atoms with Gasteiger partial charge in [0.05, 0.1) is 17.3 Å². The monoisotopic (exact) mass is 508 g/mol. The molecule has 1 N–H and O–H groups in total. The summed E-state index contributed by atoms with van der Waals surface area (Å²) in [7, 11) is 0. The Morgan fingerprint density at radius 3 is 2.54 bits per heavy atom. The van der Waals surface area contributed by atoms with E-state index in [1.54, 1.807) is 0 Å². The number of aromatic nitrogens is 1. The summed E-state index contributed by atoms with van der Waals surface area (Å²) >= 11 is 1.89. The highest BCUT2D eigenvalue weighted by Crippen LogP contribution is 2.37. The van der Waals surface area contributed by atoms with Gasteiger partial charge in [-0.15, -0.1) is 0 Å². The van der Waals surface area contributed by atoms with Crippen LogP contribution in [0, 0.1) is 25.2 Å². The normalized spacial score (nSPS) is 14.2. The second kappa shape index (κ2) is 11.9. The molecule has 1 aromatic heterocycles. The van der Waals surface area contributed by atoms with Crippen molar-refractivity contribution in [1.29, 1.82) is 5.26 Å². The Kier molecular flexibility index (Phi) is 8.18. The van der Waals surface area contributed by atoms with Crippen molar-refractivity contribution in [2.75, 3.05) is 37.6 Å². The van der Waals surface area contributed by atoms with E-state index in [0.717, 1.165) is 43.7 Å². The number of para-hydroxylation sites is 1. The van der Waals surface area contributed by atoms with E-state index in [1.165, 1.54) is 63.4 Å². The van der Waals surface area contributed by atoms with Gasteiger partial charge >= 0.3 is 0 Å². The number of H-pyrrole nitrogens is 1. The van der Waals surface area contributed by atoms with Gasteiger partial charge in [0.2, 0.25) is 0 Å². The number of unbranched alkanes of at least 4 members (excludes halogenated alkanes) is 2. The molecule has 0 radical (unpaired) electrons. The lowest BCUT2D eigenvalue weighted by molar-refractivity contribution is 0.252. The van der Waals surface area contributed by atoms with E-state index in [4.69, 9.17) is 0 Å². The molecule has 1 fully saturated rings. The maximum atomic E-state index is 9.20. The molecule has 4 aromatic rings. The minimum Gasteiger partial charge on any atom is -0.368 e. The van der Waals surface area contributed by atoms with E-state index < -0.39 is 0 Å². The van der Waals surface area contributed by atoms with Gasteiger partial charge in [-0.3, -0.25) is 4.90 Å². The van der Waals surface area contributed by atoms with E-state index in [1.807, 2.05) is 30.0 Å². The third kappa shape index (κ3) is 6.21. The highest BCUT2D eigenvalue weighted by Gasteiger charge is 2.19. The van der Waals surface area contributed by atoms with Crippen LogP contribution in [0.25, 0.3) is 10.9 Å². The number of anilines is 1. The number of hydrogen-bond acceptors (Lipinski definition) is 4. The SMILES string of the molecule is Cc1ccc(Sc2ccccc2N2CCN(CCCCCc3c[nH]c4ccc(C#N)cc34)CC2)c(C)c1. The number of aromatic amines is 1. The van der Waals surface area contributed by atoms with Crippen LogP contribution >= 0.6 is 11.8 Å². The predicted molar refractivity (Wildman–Crippen MR) is 156 cm³/mol. The second-order valence-electron chi connectivity index (χ2n) is 10.2. The lowest BCUT2D eigenvalue weighted by Gasteiger charge is -2.37. The lowest BCUT2D eigenvalue weighted by Crippen LogP contribution is -2.46. The van der Waals surface area contributed by atoms with Crippen LogP contribution in [0.1, 0.15) is 41.5 Å². The van der Waals surface area contributed by atoms with Crippen LogP contribution < -0.4 is 4.90 Å². The first kappa shape index (κ1) is 25.4. The van der Waals surface area contributed by atoms with E-state index in [0.29, 0.717) is 0 Å². The first-order chi connectivity index (χ1) is 18.1. The predicted octanol–water partition coefficient (Wildman–Crippen LogP) is 7.34. The molecule has 0 atom stereocenters. The molecule has 1 aliphatic rings. The molecule has 190 valence electrons. The lowest BCUT2D eigenvalue weighted by atomic mass is 10.0. The Balaban J connectivity index is 1.08. The Labute approximate surface area is 225 Å². The highest BCUT2D eigenvalue weighted by molar-refractivity contribution is 7.99. The number of benzene rings is 3. The van der Waals surface area contributed by atoms with Crippen LogP contribution in [0.5, 0.6) is 0 Å². The van der Waals surface area contributed by atoms with Crippen molar-refractivity contribution in [1.82, 2.24) is 9.88 Å². The molecule has 0 amide bonds. The Morgan fingerprint density at radius 2 is 1.73 bits per heavy atom. The largest absolute Gasteiger partial charge is 0.368 e. The number of fused-ring (bicyclic) bond motifs is 1. The molecule has 5 rings (SSSR count). The van der Waals surface area contributed by atoms with Gasteiger partial charge < -0.3 is 9.88 Å². The van der Waals surface area contributed by atoms with Crippen LogP contribution in [0.4, 0.5) is 5.69 Å². The maximum absolute atomic E-state index is 9.20. The fraction of sp³-hybridized carbons (Fsp3) is 0.344. The smallest absolute Gasteiger partial charge is 0.0991 e. The molecular weight excluding hydrogens is 472 g/mol. The van der Waals surface area contributed by atoms with Crippen LogP contribution in [-0.2, 0) is 6.42 Å². The maximum Gasteiger partial charge on any atom is 0.0991 e. The zero-order valence-electron chi connectivity index (χ0n) is 22.0. The summed E-state index contributed by atoms with van der Waals surface area (Å²) in [6, 6.07) is 23.8. The molecule has 0 saturated carbocycles. The minimum absolute atomic E-state index is 0.735. The molecule has 0 aliphatic carbocycles. The molecule has 0 bridgehead atoms. The molecule has 0 spiro atoms. The van der Waals surface area contributed by atoms with Crippen molar-refractivity contribution in [3.05, 3.63) is 89.1 Å². The van der Waals surface area contributed by atoms with E-state index in [9.17, 15) is 5.26 Å². The summed E-state index contributed by atoms with van der Waals surface area (Å²) in [5.74, 6) is 0. The number of piperazine rings is 1. The summed E-state index contributed by atoms with van der Waals surface area (Å²) < 4.78 is 0. The molecule has 1 saturated heterocycles. The van der Waals surface area contributed by atoms with Crippen LogP contribution in [-0.4, -0.2) is 42.6 Å². The van der Waals surface area contributed by atoms with Crippen LogP contribution in [0.15, 0.2) is 76.7 Å². The van der Waals surface area contributed by atoms with Crippen molar-refractivity contribution >= 4 is 28.4 Å². The van der Waals surface area contributed by atoms with Crippen molar-refractivity contribution in [3.63, 3.8) is 0 Å². The molecule has 4 nitrogen and oxygen atoms in total. The van der Waals surface area contributed by atoms with E-state index >= 15 is 0 Å². The Bertz CT molecular complexity index is 1390. The van der Waals surface area contributed by atoms with Crippen LogP contribution in [0.3, 0.4) is 0 Å².